The average molecular weight is 400 g/mol. The highest BCUT2D eigenvalue weighted by Crippen LogP contribution is 2.29. The van der Waals surface area contributed by atoms with E-state index in [2.05, 4.69) is 25.8 Å². The number of hydrogen-bond acceptors (Lipinski definition) is 5. The molecule has 0 saturated carbocycles. The minimum atomic E-state index is -0.446. The number of carbonyl (C=O) groups excluding carboxylic acids is 1. The number of halogens is 1. The highest BCUT2D eigenvalue weighted by molar-refractivity contribution is 5.94. The number of ether oxygens (including phenoxy) is 1. The van der Waals surface area contributed by atoms with Gasteiger partial charge in [0, 0.05) is 42.5 Å². The number of carbonyl (C=O) groups is 1. The van der Waals surface area contributed by atoms with Crippen molar-refractivity contribution in [1.29, 1.82) is 0 Å². The predicted molar refractivity (Wildman–Crippen MR) is 108 cm³/mol. The number of H-pyrrole nitrogens is 1. The molecule has 1 atom stereocenters. The normalized spacial score (nSPS) is 13.8. The average Bonchev–Trinajstić information content (AvgIpc) is 3.17. The van der Waals surface area contributed by atoms with Crippen LogP contribution in [0.3, 0.4) is 0 Å². The van der Waals surface area contributed by atoms with Gasteiger partial charge >= 0.3 is 0 Å². The van der Waals surface area contributed by atoms with E-state index in [-0.39, 0.29) is 18.3 Å². The maximum absolute atomic E-state index is 13.0. The number of nitrogens with zero attached hydrogens (tertiary/aromatic N) is 2. The van der Waals surface area contributed by atoms with E-state index in [0.29, 0.717) is 18.0 Å². The fraction of sp³-hybridized carbons (Fsp3) is 0.250. The van der Waals surface area contributed by atoms with Gasteiger partial charge in [-0.05, 0) is 18.2 Å². The lowest BCUT2D eigenvalue weighted by atomic mass is 10.0. The van der Waals surface area contributed by atoms with Crippen LogP contribution in [0.2, 0.25) is 0 Å². The van der Waals surface area contributed by atoms with Crippen molar-refractivity contribution in [2.75, 3.05) is 13.7 Å². The van der Waals surface area contributed by atoms with Gasteiger partial charge in [0.1, 0.15) is 11.8 Å². The molecule has 8 heteroatoms. The third-order valence-electron chi connectivity index (χ3n) is 4.73. The Kier molecular flexibility index (Phi) is 6.28. The third kappa shape index (κ3) is 3.85. The molecular weight excluding hydrogens is 378 g/mol. The molecule has 1 unspecified atom stereocenters. The van der Waals surface area contributed by atoms with Gasteiger partial charge in [0.05, 0.1) is 12.8 Å². The summed E-state index contributed by atoms with van der Waals surface area (Å²) in [5, 5.41) is 13.6. The molecule has 28 heavy (non-hydrogen) atoms. The van der Waals surface area contributed by atoms with E-state index >= 15 is 0 Å². The van der Waals surface area contributed by atoms with Crippen LogP contribution in [0.15, 0.2) is 48.7 Å². The first-order valence-electron chi connectivity index (χ1n) is 8.89. The Morgan fingerprint density at radius 2 is 2.04 bits per heavy atom. The second-order valence-electron chi connectivity index (χ2n) is 6.36. The molecular formula is C20H22ClN5O2. The third-order valence-corrected chi connectivity index (χ3v) is 4.73. The highest BCUT2D eigenvalue weighted by atomic mass is 35.5. The van der Waals surface area contributed by atoms with E-state index in [1.54, 1.807) is 13.3 Å². The minimum absolute atomic E-state index is 0. The molecule has 1 amide bonds. The Bertz CT molecular complexity index is 945. The van der Waals surface area contributed by atoms with Gasteiger partial charge in [-0.2, -0.15) is 5.10 Å². The lowest BCUT2D eigenvalue weighted by molar-refractivity contribution is 0.0935. The Balaban J connectivity index is 0.00000225. The van der Waals surface area contributed by atoms with Crippen molar-refractivity contribution < 1.29 is 9.53 Å². The van der Waals surface area contributed by atoms with Gasteiger partial charge in [0.15, 0.2) is 5.69 Å². The van der Waals surface area contributed by atoms with Crippen LogP contribution in [-0.4, -0.2) is 34.7 Å². The van der Waals surface area contributed by atoms with Crippen LogP contribution in [0.4, 0.5) is 0 Å². The fourth-order valence-corrected chi connectivity index (χ4v) is 3.38. The number of amides is 1. The summed E-state index contributed by atoms with van der Waals surface area (Å²) in [5.41, 5.74) is 3.95. The summed E-state index contributed by atoms with van der Waals surface area (Å²) in [6.07, 6.45) is 2.55. The van der Waals surface area contributed by atoms with Gasteiger partial charge in [-0.3, -0.25) is 14.9 Å². The van der Waals surface area contributed by atoms with Gasteiger partial charge in [-0.15, -0.1) is 12.4 Å². The number of methoxy groups -OCH3 is 1. The van der Waals surface area contributed by atoms with Crippen LogP contribution in [-0.2, 0) is 13.0 Å². The maximum Gasteiger partial charge on any atom is 0.272 e. The van der Waals surface area contributed by atoms with Crippen molar-refractivity contribution in [1.82, 2.24) is 25.8 Å². The number of para-hydroxylation sites is 1. The number of aromatic amines is 1. The lowest BCUT2D eigenvalue weighted by Crippen LogP contribution is -2.32. The van der Waals surface area contributed by atoms with Crippen LogP contribution < -0.4 is 15.4 Å². The summed E-state index contributed by atoms with van der Waals surface area (Å²) in [7, 11) is 1.62. The van der Waals surface area contributed by atoms with E-state index < -0.39 is 6.04 Å². The maximum atomic E-state index is 13.0. The molecule has 0 saturated heterocycles. The SMILES string of the molecule is COc1ccccc1C(NC(=O)c1n[nH]c2c1CNCC2)c1ccccn1.Cl. The van der Waals surface area contributed by atoms with Crippen molar-refractivity contribution in [2.45, 2.75) is 19.0 Å². The zero-order valence-corrected chi connectivity index (χ0v) is 16.3. The smallest absolute Gasteiger partial charge is 0.272 e. The molecule has 3 N–H and O–H groups in total. The quantitative estimate of drug-likeness (QED) is 0.612. The molecule has 4 rings (SSSR count). The molecule has 2 aromatic heterocycles. The first kappa shape index (κ1) is 19.9. The highest BCUT2D eigenvalue weighted by Gasteiger charge is 2.26. The Labute approximate surface area is 169 Å². The molecule has 1 aromatic carbocycles. The lowest BCUT2D eigenvalue weighted by Gasteiger charge is -2.21. The Morgan fingerprint density at radius 1 is 1.21 bits per heavy atom. The number of hydrogen-bond donors (Lipinski definition) is 3. The van der Waals surface area contributed by atoms with Gasteiger partial charge in [0.2, 0.25) is 0 Å². The predicted octanol–water partition coefficient (Wildman–Crippen LogP) is 2.40. The first-order valence-corrected chi connectivity index (χ1v) is 8.89. The molecule has 0 fully saturated rings. The van der Waals surface area contributed by atoms with Crippen molar-refractivity contribution >= 4 is 18.3 Å². The van der Waals surface area contributed by atoms with Crippen LogP contribution in [0.1, 0.15) is 39.0 Å². The molecule has 0 spiro atoms. The summed E-state index contributed by atoms with van der Waals surface area (Å²) in [4.78, 5) is 17.5. The number of aromatic nitrogens is 3. The zero-order valence-electron chi connectivity index (χ0n) is 15.4. The summed E-state index contributed by atoms with van der Waals surface area (Å²) >= 11 is 0. The molecule has 1 aliphatic heterocycles. The first-order chi connectivity index (χ1) is 13.3. The molecule has 7 nitrogen and oxygen atoms in total. The van der Waals surface area contributed by atoms with Gasteiger partial charge in [-0.25, -0.2) is 0 Å². The number of benzene rings is 1. The Hall–Kier alpha value is -2.90. The van der Waals surface area contributed by atoms with Crippen LogP contribution in [0.5, 0.6) is 5.75 Å². The summed E-state index contributed by atoms with van der Waals surface area (Å²) in [5.74, 6) is 0.455. The van der Waals surface area contributed by atoms with E-state index in [1.807, 2.05) is 42.5 Å². The van der Waals surface area contributed by atoms with E-state index in [1.165, 1.54) is 0 Å². The van der Waals surface area contributed by atoms with Crippen molar-refractivity contribution in [3.05, 3.63) is 76.9 Å². The fourth-order valence-electron chi connectivity index (χ4n) is 3.38. The molecule has 3 heterocycles. The summed E-state index contributed by atoms with van der Waals surface area (Å²) in [6, 6.07) is 12.8. The summed E-state index contributed by atoms with van der Waals surface area (Å²) in [6.45, 7) is 1.52. The topological polar surface area (TPSA) is 91.9 Å². The van der Waals surface area contributed by atoms with Crippen LogP contribution in [0, 0.1) is 0 Å². The van der Waals surface area contributed by atoms with E-state index in [4.69, 9.17) is 4.74 Å². The molecule has 146 valence electrons. The number of rotatable bonds is 5. The second-order valence-corrected chi connectivity index (χ2v) is 6.36. The monoisotopic (exact) mass is 399 g/mol. The van der Waals surface area contributed by atoms with Gasteiger partial charge < -0.3 is 15.4 Å². The minimum Gasteiger partial charge on any atom is -0.496 e. The molecule has 0 bridgehead atoms. The van der Waals surface area contributed by atoms with E-state index in [0.717, 1.165) is 35.5 Å². The second kappa shape index (κ2) is 8.86. The molecule has 0 aliphatic carbocycles. The number of nitrogens with one attached hydrogen (secondary N) is 3. The van der Waals surface area contributed by atoms with E-state index in [9.17, 15) is 4.79 Å². The molecule has 1 aliphatic rings. The number of fused-ring (bicyclic) bond motifs is 1. The van der Waals surface area contributed by atoms with Crippen molar-refractivity contribution in [3.63, 3.8) is 0 Å². The molecule has 3 aromatic rings. The van der Waals surface area contributed by atoms with Crippen molar-refractivity contribution in [2.24, 2.45) is 0 Å². The van der Waals surface area contributed by atoms with Crippen molar-refractivity contribution in [3.8, 4) is 5.75 Å². The summed E-state index contributed by atoms with van der Waals surface area (Å²) < 4.78 is 5.50. The van der Waals surface area contributed by atoms with Crippen LogP contribution >= 0.6 is 12.4 Å². The van der Waals surface area contributed by atoms with Crippen LogP contribution in [0.25, 0.3) is 0 Å². The molecule has 0 radical (unpaired) electrons. The zero-order chi connectivity index (χ0) is 18.6. The largest absolute Gasteiger partial charge is 0.496 e. The number of pyridine rings is 1. The Morgan fingerprint density at radius 3 is 2.82 bits per heavy atom. The van der Waals surface area contributed by atoms with Gasteiger partial charge in [0.25, 0.3) is 5.91 Å². The van der Waals surface area contributed by atoms with Gasteiger partial charge in [-0.1, -0.05) is 24.3 Å². The standard InChI is InChI=1S/C20H21N5O2.ClH/c1-27-17-8-3-2-6-13(17)18(16-7-4-5-10-22-16)23-20(26)19-14-12-21-11-9-15(14)24-25-19;/h2-8,10,18,21H,9,11-12H2,1H3,(H,23,26)(H,24,25);1H.